The molecule has 3 heteroatoms. The predicted molar refractivity (Wildman–Crippen MR) is 151 cm³/mol. The minimum Gasteiger partial charge on any atom is -0.327 e. The summed E-state index contributed by atoms with van der Waals surface area (Å²) in [6, 6.07) is 15.3. The molecule has 5 rings (SSSR count). The molecular weight excluding hydrogens is 454 g/mol. The maximum absolute atomic E-state index is 13.2. The van der Waals surface area contributed by atoms with E-state index in [9.17, 15) is 9.59 Å². The molecule has 0 amide bonds. The highest BCUT2D eigenvalue weighted by molar-refractivity contribution is 5.97. The topological polar surface area (TPSA) is 60.2 Å². The van der Waals surface area contributed by atoms with Gasteiger partial charge in [-0.15, -0.1) is 0 Å². The van der Waals surface area contributed by atoms with Crippen LogP contribution in [-0.2, 0) is 9.59 Å². The Balaban J connectivity index is 1.24. The molecule has 6 atom stereocenters. The van der Waals surface area contributed by atoms with Crippen LogP contribution >= 0.6 is 0 Å². The van der Waals surface area contributed by atoms with Crippen LogP contribution in [0.1, 0.15) is 85.6 Å². The van der Waals surface area contributed by atoms with Gasteiger partial charge in [0.25, 0.3) is 0 Å². The summed E-state index contributed by atoms with van der Waals surface area (Å²) in [7, 11) is 0. The standard InChI is InChI=1S/C34H39NO2/c1-4-5-6-22(3)34(37)30-16-11-24(19-32(30)35)27-18-31(33(36)20-27)26-13-15-29-25(17-26)12-14-28(29)23-9-7-21(2)8-10-23/h4-10,12-15,17,24,27-28,30-32H,11,16,18-20,35H2,1-3H3. The van der Waals surface area contributed by atoms with Crippen molar-refractivity contribution in [3.8, 4) is 0 Å². The Kier molecular flexibility index (Phi) is 7.44. The minimum atomic E-state index is -0.127. The molecule has 192 valence electrons. The molecule has 2 fully saturated rings. The second kappa shape index (κ2) is 10.8. The lowest BCUT2D eigenvalue weighted by Gasteiger charge is -2.36. The lowest BCUT2D eigenvalue weighted by molar-refractivity contribution is -0.121. The Bertz CT molecular complexity index is 1270. The van der Waals surface area contributed by atoms with Crippen molar-refractivity contribution in [3.05, 3.63) is 100 Å². The molecular formula is C34H39NO2. The highest BCUT2D eigenvalue weighted by atomic mass is 16.1. The molecule has 0 aromatic heterocycles. The largest absolute Gasteiger partial charge is 0.327 e. The zero-order valence-corrected chi connectivity index (χ0v) is 22.3. The van der Waals surface area contributed by atoms with Gasteiger partial charge in [-0.25, -0.2) is 0 Å². The number of ketones is 2. The van der Waals surface area contributed by atoms with E-state index in [1.807, 2.05) is 32.1 Å². The van der Waals surface area contributed by atoms with Crippen LogP contribution < -0.4 is 5.73 Å². The summed E-state index contributed by atoms with van der Waals surface area (Å²) in [4.78, 5) is 26.1. The third-order valence-electron chi connectivity index (χ3n) is 9.01. The summed E-state index contributed by atoms with van der Waals surface area (Å²) in [5, 5.41) is 0. The number of carbonyl (C=O) groups is 2. The second-order valence-corrected chi connectivity index (χ2v) is 11.4. The zero-order valence-electron chi connectivity index (χ0n) is 22.3. The number of nitrogens with two attached hydrogens (primary N) is 1. The van der Waals surface area contributed by atoms with Gasteiger partial charge in [0.05, 0.1) is 0 Å². The maximum atomic E-state index is 13.2. The number of hydrogen-bond donors (Lipinski definition) is 1. The summed E-state index contributed by atoms with van der Waals surface area (Å²) in [5.74, 6) is 1.49. The van der Waals surface area contributed by atoms with Crippen LogP contribution in [0.15, 0.2) is 72.3 Å². The highest BCUT2D eigenvalue weighted by Crippen LogP contribution is 2.46. The first-order chi connectivity index (χ1) is 17.9. The fourth-order valence-corrected chi connectivity index (χ4v) is 6.81. The Labute approximate surface area is 221 Å². The number of allylic oxidation sites excluding steroid dienone is 5. The average Bonchev–Trinajstić information content (AvgIpc) is 3.50. The molecule has 0 aliphatic heterocycles. The third-order valence-corrected chi connectivity index (χ3v) is 9.01. The third kappa shape index (κ3) is 5.20. The number of fused-ring (bicyclic) bond motifs is 1. The SMILES string of the molecule is CC=CC=C(C)C(=O)C1CCC(C2CC(=O)C(c3ccc4c(c3)C=CC4c3ccc(C)cc3)C2)CC1N. The quantitative estimate of drug-likeness (QED) is 0.346. The van der Waals surface area contributed by atoms with Gasteiger partial charge < -0.3 is 5.73 Å². The highest BCUT2D eigenvalue weighted by Gasteiger charge is 2.42. The van der Waals surface area contributed by atoms with Gasteiger partial charge in [0.15, 0.2) is 5.78 Å². The van der Waals surface area contributed by atoms with E-state index in [2.05, 4.69) is 61.5 Å². The van der Waals surface area contributed by atoms with Crippen molar-refractivity contribution in [3.63, 3.8) is 0 Å². The summed E-state index contributed by atoms with van der Waals surface area (Å²) >= 11 is 0. The van der Waals surface area contributed by atoms with Crippen molar-refractivity contribution in [2.24, 2.45) is 23.5 Å². The van der Waals surface area contributed by atoms with Gasteiger partial charge in [0.2, 0.25) is 0 Å². The molecule has 3 nitrogen and oxygen atoms in total. The van der Waals surface area contributed by atoms with Gasteiger partial charge in [0.1, 0.15) is 5.78 Å². The molecule has 2 aromatic carbocycles. The number of Topliss-reactive ketones (excluding diaryl/α,β-unsaturated/α-hetero) is 2. The van der Waals surface area contributed by atoms with Gasteiger partial charge in [0, 0.05) is 30.2 Å². The van der Waals surface area contributed by atoms with Gasteiger partial charge in [-0.1, -0.05) is 78.4 Å². The van der Waals surface area contributed by atoms with Crippen LogP contribution in [0.2, 0.25) is 0 Å². The zero-order chi connectivity index (χ0) is 26.1. The number of rotatable bonds is 6. The molecule has 6 unspecified atom stereocenters. The van der Waals surface area contributed by atoms with Crippen LogP contribution in [0.25, 0.3) is 6.08 Å². The van der Waals surface area contributed by atoms with E-state index < -0.39 is 0 Å². The number of hydrogen-bond acceptors (Lipinski definition) is 3. The van der Waals surface area contributed by atoms with Crippen molar-refractivity contribution in [2.75, 3.05) is 0 Å². The average molecular weight is 494 g/mol. The lowest BCUT2D eigenvalue weighted by Crippen LogP contribution is -2.42. The molecule has 2 aromatic rings. The van der Waals surface area contributed by atoms with Gasteiger partial charge in [-0.2, -0.15) is 0 Å². The van der Waals surface area contributed by atoms with Crippen molar-refractivity contribution in [2.45, 2.75) is 70.8 Å². The van der Waals surface area contributed by atoms with E-state index in [-0.39, 0.29) is 29.6 Å². The van der Waals surface area contributed by atoms with Crippen LogP contribution in [-0.4, -0.2) is 17.6 Å². The molecule has 37 heavy (non-hydrogen) atoms. The number of aryl methyl sites for hydroxylation is 1. The van der Waals surface area contributed by atoms with Crippen LogP contribution in [0.4, 0.5) is 0 Å². The Morgan fingerprint density at radius 2 is 1.76 bits per heavy atom. The molecule has 2 N–H and O–H groups in total. The van der Waals surface area contributed by atoms with Crippen LogP contribution in [0, 0.1) is 24.7 Å². The predicted octanol–water partition coefficient (Wildman–Crippen LogP) is 7.05. The Morgan fingerprint density at radius 1 is 1.00 bits per heavy atom. The molecule has 0 bridgehead atoms. The molecule has 3 aliphatic rings. The first kappa shape index (κ1) is 25.6. The van der Waals surface area contributed by atoms with Crippen molar-refractivity contribution in [1.29, 1.82) is 0 Å². The van der Waals surface area contributed by atoms with Crippen LogP contribution in [0.3, 0.4) is 0 Å². The fraction of sp³-hybridized carbons (Fsp3) is 0.412. The fourth-order valence-electron chi connectivity index (χ4n) is 6.81. The normalized spacial score (nSPS) is 29.7. The van der Waals surface area contributed by atoms with E-state index in [1.54, 1.807) is 0 Å². The van der Waals surface area contributed by atoms with Crippen molar-refractivity contribution in [1.82, 2.24) is 0 Å². The van der Waals surface area contributed by atoms with Gasteiger partial charge >= 0.3 is 0 Å². The van der Waals surface area contributed by atoms with Crippen molar-refractivity contribution < 1.29 is 9.59 Å². The number of benzene rings is 2. The van der Waals surface area contributed by atoms with Gasteiger partial charge in [-0.05, 0) is 86.1 Å². The molecule has 0 radical (unpaired) electrons. The Hall–Kier alpha value is -3.04. The van der Waals surface area contributed by atoms with E-state index in [0.717, 1.165) is 36.8 Å². The summed E-state index contributed by atoms with van der Waals surface area (Å²) < 4.78 is 0. The summed E-state index contributed by atoms with van der Waals surface area (Å²) in [5.41, 5.74) is 13.6. The Morgan fingerprint density at radius 3 is 2.49 bits per heavy atom. The second-order valence-electron chi connectivity index (χ2n) is 11.4. The molecule has 0 heterocycles. The van der Waals surface area contributed by atoms with Crippen LogP contribution in [0.5, 0.6) is 0 Å². The molecule has 0 saturated heterocycles. The smallest absolute Gasteiger partial charge is 0.163 e. The minimum absolute atomic E-state index is 0.0243. The molecule has 2 saturated carbocycles. The lowest BCUT2D eigenvalue weighted by atomic mass is 9.70. The molecule has 0 spiro atoms. The van der Waals surface area contributed by atoms with E-state index in [0.29, 0.717) is 24.0 Å². The monoisotopic (exact) mass is 493 g/mol. The first-order valence-electron chi connectivity index (χ1n) is 13.9. The van der Waals surface area contributed by atoms with E-state index >= 15 is 0 Å². The number of carbonyl (C=O) groups excluding carboxylic acids is 2. The summed E-state index contributed by atoms with van der Waals surface area (Å²) in [6.45, 7) is 5.95. The van der Waals surface area contributed by atoms with E-state index in [4.69, 9.17) is 5.73 Å². The van der Waals surface area contributed by atoms with Crippen molar-refractivity contribution >= 4 is 17.6 Å². The van der Waals surface area contributed by atoms with E-state index in [1.165, 1.54) is 22.3 Å². The first-order valence-corrected chi connectivity index (χ1v) is 13.9. The van der Waals surface area contributed by atoms with Gasteiger partial charge in [-0.3, -0.25) is 9.59 Å². The summed E-state index contributed by atoms with van der Waals surface area (Å²) in [6.07, 6.45) is 14.4. The molecule has 3 aliphatic carbocycles. The maximum Gasteiger partial charge on any atom is 0.163 e.